The van der Waals surface area contributed by atoms with Gasteiger partial charge in [-0.2, -0.15) is 9.82 Å². The monoisotopic (exact) mass is 289 g/mol. The van der Waals surface area contributed by atoms with Crippen molar-refractivity contribution in [3.05, 3.63) is 11.9 Å². The minimum Gasteiger partial charge on any atom is -0.480 e. The molecule has 0 unspecified atom stereocenters. The Morgan fingerprint density at radius 2 is 2.16 bits per heavy atom. The Morgan fingerprint density at radius 1 is 1.58 bits per heavy atom. The van der Waals surface area contributed by atoms with Gasteiger partial charge in [-0.05, 0) is 12.8 Å². The van der Waals surface area contributed by atoms with E-state index in [4.69, 9.17) is 5.11 Å². The van der Waals surface area contributed by atoms with E-state index in [1.54, 1.807) is 20.9 Å². The lowest BCUT2D eigenvalue weighted by Crippen LogP contribution is -2.44. The summed E-state index contributed by atoms with van der Waals surface area (Å²) in [5.41, 5.74) is 0.336. The average Bonchev–Trinajstić information content (AvgIpc) is 2.65. The second-order valence-electron chi connectivity index (χ2n) is 4.58. The van der Waals surface area contributed by atoms with E-state index in [1.807, 2.05) is 6.92 Å². The number of hydrogen-bond donors (Lipinski definition) is 2. The molecule has 0 fully saturated rings. The van der Waals surface area contributed by atoms with Crippen LogP contribution in [0.3, 0.4) is 0 Å². The van der Waals surface area contributed by atoms with Crippen molar-refractivity contribution < 1.29 is 18.3 Å². The van der Waals surface area contributed by atoms with E-state index in [2.05, 4.69) is 9.82 Å². The number of aromatic nitrogens is 2. The first-order chi connectivity index (χ1) is 8.69. The molecule has 1 rings (SSSR count). The average molecular weight is 289 g/mol. The predicted molar refractivity (Wildman–Crippen MR) is 69.1 cm³/mol. The maximum atomic E-state index is 12.2. The number of nitrogens with one attached hydrogen (secondary N) is 1. The van der Waals surface area contributed by atoms with Crippen LogP contribution in [0.4, 0.5) is 0 Å². The van der Waals surface area contributed by atoms with Crippen molar-refractivity contribution in [1.29, 1.82) is 0 Å². The molecule has 0 bridgehead atoms. The van der Waals surface area contributed by atoms with E-state index in [-0.39, 0.29) is 10.8 Å². The third kappa shape index (κ3) is 3.54. The van der Waals surface area contributed by atoms with Gasteiger partial charge in [0, 0.05) is 13.2 Å². The maximum Gasteiger partial charge on any atom is 0.322 e. The lowest BCUT2D eigenvalue weighted by molar-refractivity contribution is -0.140. The number of rotatable bonds is 6. The molecule has 0 aliphatic heterocycles. The van der Waals surface area contributed by atoms with Crippen LogP contribution in [0.25, 0.3) is 0 Å². The van der Waals surface area contributed by atoms with Crippen LogP contribution in [-0.4, -0.2) is 35.3 Å². The zero-order valence-corrected chi connectivity index (χ0v) is 12.2. The predicted octanol–water partition coefficient (Wildman–Crippen LogP) is 0.506. The highest BCUT2D eigenvalue weighted by Crippen LogP contribution is 2.16. The van der Waals surface area contributed by atoms with Crippen molar-refractivity contribution >= 4 is 16.0 Å². The number of hydrogen-bond acceptors (Lipinski definition) is 4. The Morgan fingerprint density at radius 3 is 2.53 bits per heavy atom. The number of aliphatic carboxylic acids is 1. The first-order valence-electron chi connectivity index (χ1n) is 5.94. The van der Waals surface area contributed by atoms with Gasteiger partial charge in [-0.3, -0.25) is 9.48 Å². The fourth-order valence-corrected chi connectivity index (χ4v) is 3.23. The molecule has 0 saturated carbocycles. The van der Waals surface area contributed by atoms with Crippen LogP contribution in [0.1, 0.15) is 26.0 Å². The molecule has 2 atom stereocenters. The lowest BCUT2D eigenvalue weighted by Gasteiger charge is -2.19. The van der Waals surface area contributed by atoms with Crippen molar-refractivity contribution in [2.75, 3.05) is 0 Å². The fourth-order valence-electron chi connectivity index (χ4n) is 1.72. The Labute approximate surface area is 112 Å². The number of sulfonamides is 1. The van der Waals surface area contributed by atoms with Gasteiger partial charge in [0.2, 0.25) is 10.0 Å². The van der Waals surface area contributed by atoms with Crippen LogP contribution in [0, 0.1) is 12.8 Å². The molecular formula is C11H19N3O4S. The van der Waals surface area contributed by atoms with E-state index in [0.717, 1.165) is 0 Å². The van der Waals surface area contributed by atoms with Crippen LogP contribution >= 0.6 is 0 Å². The molecule has 0 aliphatic rings. The minimum atomic E-state index is -3.88. The molecule has 0 radical (unpaired) electrons. The summed E-state index contributed by atoms with van der Waals surface area (Å²) in [5, 5.41) is 13.1. The summed E-state index contributed by atoms with van der Waals surface area (Å²) in [6, 6.07) is -1.14. The molecule has 7 nitrogen and oxygen atoms in total. The summed E-state index contributed by atoms with van der Waals surface area (Å²) in [6.07, 6.45) is 1.92. The first kappa shape index (κ1) is 15.6. The minimum absolute atomic E-state index is 0.00422. The van der Waals surface area contributed by atoms with E-state index < -0.39 is 22.0 Å². The zero-order valence-electron chi connectivity index (χ0n) is 11.4. The Kier molecular flexibility index (Phi) is 4.70. The molecule has 0 saturated heterocycles. The van der Waals surface area contributed by atoms with Crippen molar-refractivity contribution in [2.24, 2.45) is 13.0 Å². The van der Waals surface area contributed by atoms with Gasteiger partial charge in [0.25, 0.3) is 0 Å². The van der Waals surface area contributed by atoms with Crippen molar-refractivity contribution in [2.45, 2.75) is 38.1 Å². The molecule has 108 valence electrons. The standard InChI is InChI=1S/C11H19N3O4S/c1-5-7(2)10(11(15)16)13-19(17,18)9-6-14(4)12-8(9)3/h6-7,10,13H,5H2,1-4H3,(H,15,16)/t7-,10-/m0/s1. The van der Waals surface area contributed by atoms with Gasteiger partial charge in [0.15, 0.2) is 0 Å². The largest absolute Gasteiger partial charge is 0.480 e. The molecule has 2 N–H and O–H groups in total. The maximum absolute atomic E-state index is 12.2. The Hall–Kier alpha value is -1.41. The summed E-state index contributed by atoms with van der Waals surface area (Å²) < 4.78 is 28.0. The van der Waals surface area contributed by atoms with Crippen LogP contribution < -0.4 is 4.72 Å². The zero-order chi connectivity index (χ0) is 14.8. The first-order valence-corrected chi connectivity index (χ1v) is 7.42. The summed E-state index contributed by atoms with van der Waals surface area (Å²) in [4.78, 5) is 11.2. The highest BCUT2D eigenvalue weighted by Gasteiger charge is 2.30. The summed E-state index contributed by atoms with van der Waals surface area (Å²) in [7, 11) is -2.28. The molecule has 1 aromatic heterocycles. The van der Waals surface area contributed by atoms with Gasteiger partial charge in [-0.25, -0.2) is 8.42 Å². The number of carbonyl (C=O) groups is 1. The number of carboxylic acid groups (broad SMARTS) is 1. The highest BCUT2D eigenvalue weighted by molar-refractivity contribution is 7.89. The molecule has 0 aromatic carbocycles. The van der Waals surface area contributed by atoms with Gasteiger partial charge in [-0.15, -0.1) is 0 Å². The molecule has 0 amide bonds. The fraction of sp³-hybridized carbons (Fsp3) is 0.636. The number of carboxylic acids is 1. The third-order valence-electron chi connectivity index (χ3n) is 3.02. The van der Waals surface area contributed by atoms with Gasteiger partial charge >= 0.3 is 5.97 Å². The SMILES string of the molecule is CC[C@H](C)[C@H](NS(=O)(=O)c1cn(C)nc1C)C(=O)O. The third-order valence-corrected chi connectivity index (χ3v) is 4.56. The van der Waals surface area contributed by atoms with Crippen LogP contribution in [0.2, 0.25) is 0 Å². The topological polar surface area (TPSA) is 101 Å². The molecule has 8 heteroatoms. The van der Waals surface area contributed by atoms with Crippen LogP contribution in [0.15, 0.2) is 11.1 Å². The van der Waals surface area contributed by atoms with Gasteiger partial charge in [-0.1, -0.05) is 20.3 Å². The van der Waals surface area contributed by atoms with E-state index >= 15 is 0 Å². The summed E-state index contributed by atoms with van der Waals surface area (Å²) >= 11 is 0. The van der Waals surface area contributed by atoms with E-state index in [0.29, 0.717) is 12.1 Å². The van der Waals surface area contributed by atoms with Crippen LogP contribution in [-0.2, 0) is 21.9 Å². The Bertz CT molecular complexity index is 564. The van der Waals surface area contributed by atoms with Crippen molar-refractivity contribution in [1.82, 2.24) is 14.5 Å². The van der Waals surface area contributed by atoms with Crippen molar-refractivity contribution in [3.63, 3.8) is 0 Å². The van der Waals surface area contributed by atoms with E-state index in [9.17, 15) is 13.2 Å². The molecule has 0 spiro atoms. The second-order valence-corrected chi connectivity index (χ2v) is 6.26. The quantitative estimate of drug-likeness (QED) is 0.794. The van der Waals surface area contributed by atoms with Crippen molar-refractivity contribution in [3.8, 4) is 0 Å². The molecule has 0 aliphatic carbocycles. The molecule has 1 heterocycles. The number of nitrogens with zero attached hydrogens (tertiary/aromatic N) is 2. The molecule has 19 heavy (non-hydrogen) atoms. The molecular weight excluding hydrogens is 270 g/mol. The lowest BCUT2D eigenvalue weighted by atomic mass is 10.0. The molecule has 1 aromatic rings. The summed E-state index contributed by atoms with van der Waals surface area (Å²) in [5.74, 6) is -1.48. The van der Waals surface area contributed by atoms with Crippen LogP contribution in [0.5, 0.6) is 0 Å². The highest BCUT2D eigenvalue weighted by atomic mass is 32.2. The summed E-state index contributed by atoms with van der Waals surface area (Å²) in [6.45, 7) is 5.06. The van der Waals surface area contributed by atoms with Gasteiger partial charge < -0.3 is 5.11 Å². The van der Waals surface area contributed by atoms with Gasteiger partial charge in [0.05, 0.1) is 5.69 Å². The second kappa shape index (κ2) is 5.70. The number of aryl methyl sites for hydroxylation is 2. The normalized spacial score (nSPS) is 15.2. The smallest absolute Gasteiger partial charge is 0.322 e. The van der Waals surface area contributed by atoms with E-state index in [1.165, 1.54) is 10.9 Å². The Balaban J connectivity index is 3.08. The van der Waals surface area contributed by atoms with Gasteiger partial charge in [0.1, 0.15) is 10.9 Å².